The van der Waals surface area contributed by atoms with Gasteiger partial charge in [-0.3, -0.25) is 20.4 Å². The van der Waals surface area contributed by atoms with Gasteiger partial charge in [0.05, 0.1) is 16.9 Å². The van der Waals surface area contributed by atoms with E-state index in [1.165, 1.54) is 18.2 Å². The molecular weight excluding hydrogens is 382 g/mol. The molecular formula is C19H17N3O3S2. The Labute approximate surface area is 161 Å². The van der Waals surface area contributed by atoms with Crippen molar-refractivity contribution in [2.45, 2.75) is 4.21 Å². The van der Waals surface area contributed by atoms with E-state index in [0.717, 1.165) is 16.9 Å². The van der Waals surface area contributed by atoms with E-state index in [-0.39, 0.29) is 15.5 Å². The predicted octanol–water partition coefficient (Wildman–Crippen LogP) is 3.45. The third kappa shape index (κ3) is 4.55. The van der Waals surface area contributed by atoms with Crippen molar-refractivity contribution in [2.75, 3.05) is 4.72 Å². The summed E-state index contributed by atoms with van der Waals surface area (Å²) in [6.07, 6.45) is 0. The van der Waals surface area contributed by atoms with E-state index >= 15 is 0 Å². The minimum Gasteiger partial charge on any atom is -0.298 e. The second kappa shape index (κ2) is 8.07. The summed E-state index contributed by atoms with van der Waals surface area (Å²) in [6.45, 7) is 3.87. The highest BCUT2D eigenvalue weighted by molar-refractivity contribution is 7.94. The van der Waals surface area contributed by atoms with Crippen molar-refractivity contribution in [3.05, 3.63) is 89.8 Å². The van der Waals surface area contributed by atoms with Gasteiger partial charge in [-0.25, -0.2) is 8.42 Å². The molecule has 3 rings (SSSR count). The van der Waals surface area contributed by atoms with E-state index in [9.17, 15) is 13.2 Å². The molecule has 3 N–H and O–H groups in total. The topological polar surface area (TPSA) is 87.3 Å². The molecule has 138 valence electrons. The first kappa shape index (κ1) is 18.7. The van der Waals surface area contributed by atoms with Gasteiger partial charge < -0.3 is 0 Å². The molecule has 0 fully saturated rings. The van der Waals surface area contributed by atoms with Gasteiger partial charge in [0.25, 0.3) is 15.9 Å². The first-order chi connectivity index (χ1) is 13.0. The highest BCUT2D eigenvalue weighted by atomic mass is 32.2. The van der Waals surface area contributed by atoms with Crippen LogP contribution in [0.2, 0.25) is 0 Å². The van der Waals surface area contributed by atoms with Crippen LogP contribution in [0.1, 0.15) is 15.9 Å². The smallest absolute Gasteiger partial charge is 0.271 e. The van der Waals surface area contributed by atoms with Crippen LogP contribution >= 0.6 is 11.3 Å². The second-order valence-corrected chi connectivity index (χ2v) is 8.36. The standard InChI is InChI=1S/C19H17N3O3S2/c1-14(15-8-3-2-4-9-15)20-21-19(23)16-10-5-6-11-17(16)22-27(24,25)18-12-7-13-26-18/h2-13,20,22H,1H2,(H,21,23). The number of anilines is 1. The molecule has 1 aromatic heterocycles. The molecule has 1 heterocycles. The zero-order valence-corrected chi connectivity index (χ0v) is 15.8. The lowest BCUT2D eigenvalue weighted by atomic mass is 10.1. The highest BCUT2D eigenvalue weighted by Crippen LogP contribution is 2.22. The summed E-state index contributed by atoms with van der Waals surface area (Å²) in [5.74, 6) is -0.489. The molecule has 0 spiro atoms. The Morgan fingerprint density at radius 2 is 1.59 bits per heavy atom. The van der Waals surface area contributed by atoms with Gasteiger partial charge in [-0.05, 0) is 29.1 Å². The number of benzene rings is 2. The molecule has 27 heavy (non-hydrogen) atoms. The molecule has 0 bridgehead atoms. The summed E-state index contributed by atoms with van der Waals surface area (Å²) in [5.41, 5.74) is 7.00. The zero-order valence-electron chi connectivity index (χ0n) is 14.2. The number of hydrazine groups is 1. The lowest BCUT2D eigenvalue weighted by Crippen LogP contribution is -2.36. The zero-order chi connectivity index (χ0) is 19.3. The van der Waals surface area contributed by atoms with Crippen LogP contribution < -0.4 is 15.6 Å². The molecule has 6 nitrogen and oxygen atoms in total. The van der Waals surface area contributed by atoms with Gasteiger partial charge in [0.1, 0.15) is 4.21 Å². The lowest BCUT2D eigenvalue weighted by Gasteiger charge is -2.14. The summed E-state index contributed by atoms with van der Waals surface area (Å²) in [6, 6.07) is 18.8. The van der Waals surface area contributed by atoms with Crippen molar-refractivity contribution in [2.24, 2.45) is 0 Å². The second-order valence-electron chi connectivity index (χ2n) is 5.51. The van der Waals surface area contributed by atoms with E-state index in [4.69, 9.17) is 0 Å². The Bertz CT molecular complexity index is 1050. The van der Waals surface area contributed by atoms with Crippen molar-refractivity contribution in [1.82, 2.24) is 10.9 Å². The molecule has 2 aromatic carbocycles. The van der Waals surface area contributed by atoms with Gasteiger partial charge in [-0.2, -0.15) is 0 Å². The van der Waals surface area contributed by atoms with Gasteiger partial charge in [-0.15, -0.1) is 11.3 Å². The maximum Gasteiger partial charge on any atom is 0.271 e. The van der Waals surface area contributed by atoms with Gasteiger partial charge in [-0.1, -0.05) is 55.1 Å². The minimum atomic E-state index is -3.75. The van der Waals surface area contributed by atoms with Crippen LogP contribution in [0.5, 0.6) is 0 Å². The van der Waals surface area contributed by atoms with Gasteiger partial charge in [0.2, 0.25) is 0 Å². The normalized spacial score (nSPS) is 10.8. The average molecular weight is 399 g/mol. The summed E-state index contributed by atoms with van der Waals surface area (Å²) in [4.78, 5) is 12.5. The Morgan fingerprint density at radius 1 is 0.889 bits per heavy atom. The quantitative estimate of drug-likeness (QED) is 0.531. The number of thiophene rings is 1. The molecule has 1 amide bonds. The average Bonchev–Trinajstić information content (AvgIpc) is 3.22. The fourth-order valence-corrected chi connectivity index (χ4v) is 4.37. The van der Waals surface area contributed by atoms with E-state index < -0.39 is 15.9 Å². The minimum absolute atomic E-state index is 0.174. The van der Waals surface area contributed by atoms with Crippen LogP contribution in [0.3, 0.4) is 0 Å². The molecule has 0 aliphatic heterocycles. The Hall–Kier alpha value is -3.10. The molecule has 0 unspecified atom stereocenters. The lowest BCUT2D eigenvalue weighted by molar-refractivity contribution is 0.0943. The van der Waals surface area contributed by atoms with E-state index in [0.29, 0.717) is 5.70 Å². The van der Waals surface area contributed by atoms with Crippen molar-refractivity contribution in [1.29, 1.82) is 0 Å². The molecule has 0 aliphatic rings. The number of para-hydroxylation sites is 1. The van der Waals surface area contributed by atoms with Crippen LogP contribution in [0, 0.1) is 0 Å². The number of amides is 1. The van der Waals surface area contributed by atoms with Gasteiger partial charge >= 0.3 is 0 Å². The van der Waals surface area contributed by atoms with Crippen molar-refractivity contribution >= 4 is 38.7 Å². The monoisotopic (exact) mass is 399 g/mol. The van der Waals surface area contributed by atoms with Crippen molar-refractivity contribution in [3.63, 3.8) is 0 Å². The molecule has 0 saturated heterocycles. The van der Waals surface area contributed by atoms with E-state index in [1.54, 1.807) is 23.6 Å². The van der Waals surface area contributed by atoms with Crippen molar-refractivity contribution in [3.8, 4) is 0 Å². The third-order valence-corrected chi connectivity index (χ3v) is 6.39. The number of sulfonamides is 1. The first-order valence-electron chi connectivity index (χ1n) is 7.93. The van der Waals surface area contributed by atoms with Crippen LogP contribution in [0.4, 0.5) is 5.69 Å². The number of rotatable bonds is 7. The van der Waals surface area contributed by atoms with Crippen molar-refractivity contribution < 1.29 is 13.2 Å². The van der Waals surface area contributed by atoms with Gasteiger partial charge in [0.15, 0.2) is 0 Å². The van der Waals surface area contributed by atoms with E-state index in [1.807, 2.05) is 30.3 Å². The SMILES string of the molecule is C=C(NNC(=O)c1ccccc1NS(=O)(=O)c1cccs1)c1ccccc1. The fourth-order valence-electron chi connectivity index (χ4n) is 2.29. The third-order valence-electron chi connectivity index (χ3n) is 3.63. The number of carbonyl (C=O) groups excluding carboxylic acids is 1. The predicted molar refractivity (Wildman–Crippen MR) is 108 cm³/mol. The molecule has 0 radical (unpaired) electrons. The Morgan fingerprint density at radius 3 is 2.30 bits per heavy atom. The molecule has 0 aliphatic carbocycles. The summed E-state index contributed by atoms with van der Waals surface area (Å²) >= 11 is 1.10. The molecule has 0 saturated carbocycles. The molecule has 0 atom stereocenters. The van der Waals surface area contributed by atoms with Gasteiger partial charge in [0, 0.05) is 0 Å². The van der Waals surface area contributed by atoms with Crippen LogP contribution in [0.15, 0.2) is 82.9 Å². The van der Waals surface area contributed by atoms with Crippen LogP contribution in [-0.2, 0) is 10.0 Å². The fraction of sp³-hybridized carbons (Fsp3) is 0. The first-order valence-corrected chi connectivity index (χ1v) is 10.3. The maximum atomic E-state index is 12.5. The maximum absolute atomic E-state index is 12.5. The number of hydrogen-bond donors (Lipinski definition) is 3. The summed E-state index contributed by atoms with van der Waals surface area (Å²) in [5, 5.41) is 1.67. The summed E-state index contributed by atoms with van der Waals surface area (Å²) < 4.78 is 27.5. The summed E-state index contributed by atoms with van der Waals surface area (Å²) in [7, 11) is -3.75. The Kier molecular flexibility index (Phi) is 5.58. The molecule has 8 heteroatoms. The number of hydrogen-bond acceptors (Lipinski definition) is 5. The van der Waals surface area contributed by atoms with Crippen LogP contribution in [0.25, 0.3) is 5.70 Å². The highest BCUT2D eigenvalue weighted by Gasteiger charge is 2.19. The van der Waals surface area contributed by atoms with E-state index in [2.05, 4.69) is 22.2 Å². The molecule has 3 aromatic rings. The Balaban J connectivity index is 1.73. The largest absolute Gasteiger partial charge is 0.298 e. The number of carbonyl (C=O) groups is 1. The number of nitrogens with one attached hydrogen (secondary N) is 3. The van der Waals surface area contributed by atoms with Crippen LogP contribution in [-0.4, -0.2) is 14.3 Å².